The van der Waals surface area contributed by atoms with Crippen LogP contribution in [0.25, 0.3) is 11.7 Å². The van der Waals surface area contributed by atoms with Crippen LogP contribution >= 0.6 is 0 Å². The number of aryl methyl sites for hydroxylation is 2. The van der Waals surface area contributed by atoms with Gasteiger partial charge in [-0.15, -0.1) is 0 Å². The Morgan fingerprint density at radius 1 is 0.944 bits per heavy atom. The zero-order chi connectivity index (χ0) is 12.5. The molecule has 0 saturated carbocycles. The molecule has 0 saturated heterocycles. The Kier molecular flexibility index (Phi) is 2.40. The van der Waals surface area contributed by atoms with Crippen LogP contribution in [0.1, 0.15) is 23.2 Å². The van der Waals surface area contributed by atoms with Crippen molar-refractivity contribution in [3.05, 3.63) is 29.3 Å². The maximum Gasteiger partial charge on any atom is 0.296 e. The van der Waals surface area contributed by atoms with Crippen molar-refractivity contribution in [2.24, 2.45) is 0 Å². The van der Waals surface area contributed by atoms with Gasteiger partial charge in [-0.2, -0.15) is 9.97 Å². The van der Waals surface area contributed by atoms with Gasteiger partial charge in [0, 0.05) is 13.0 Å². The second kappa shape index (κ2) is 4.06. The summed E-state index contributed by atoms with van der Waals surface area (Å²) in [5.74, 6) is 2.19. The highest BCUT2D eigenvalue weighted by Gasteiger charge is 2.15. The van der Waals surface area contributed by atoms with E-state index in [-0.39, 0.29) is 5.89 Å². The fourth-order valence-corrected chi connectivity index (χ4v) is 1.44. The second-order valence-electron chi connectivity index (χ2n) is 3.75. The number of hydrogen-bond donors (Lipinski definition) is 0. The van der Waals surface area contributed by atoms with Gasteiger partial charge in [-0.05, 0) is 6.92 Å². The molecule has 0 atom stereocenters. The molecule has 0 spiro atoms. The maximum atomic E-state index is 5.06. The molecule has 0 radical (unpaired) electrons. The minimum Gasteiger partial charge on any atom is -0.351 e. The lowest BCUT2D eigenvalue weighted by Crippen LogP contribution is -1.93. The Hall–Kier alpha value is -2.51. The summed E-state index contributed by atoms with van der Waals surface area (Å²) in [5, 5.41) is 11.3. The minimum atomic E-state index is 0.283. The van der Waals surface area contributed by atoms with Crippen LogP contribution in [0.2, 0.25) is 0 Å². The molecule has 0 aliphatic rings. The summed E-state index contributed by atoms with van der Waals surface area (Å²) in [5.41, 5.74) is 0.749. The van der Waals surface area contributed by atoms with Crippen molar-refractivity contribution in [1.82, 2.24) is 25.4 Å². The molecular weight excluding hydrogens is 238 g/mol. The van der Waals surface area contributed by atoms with Crippen molar-refractivity contribution in [2.75, 3.05) is 0 Å². The van der Waals surface area contributed by atoms with Gasteiger partial charge in [-0.25, -0.2) is 0 Å². The van der Waals surface area contributed by atoms with Crippen LogP contribution < -0.4 is 0 Å². The van der Waals surface area contributed by atoms with Crippen molar-refractivity contribution in [1.29, 1.82) is 0 Å². The Labute approximate surface area is 101 Å². The van der Waals surface area contributed by atoms with E-state index in [1.54, 1.807) is 13.0 Å². The summed E-state index contributed by atoms with van der Waals surface area (Å²) in [6.07, 6.45) is 0.341. The summed E-state index contributed by atoms with van der Waals surface area (Å²) in [6, 6.07) is 1.72. The van der Waals surface area contributed by atoms with Crippen molar-refractivity contribution < 1.29 is 13.6 Å². The van der Waals surface area contributed by atoms with Gasteiger partial charge in [0.1, 0.15) is 0 Å². The molecule has 92 valence electrons. The minimum absolute atomic E-state index is 0.283. The highest BCUT2D eigenvalue weighted by Crippen LogP contribution is 2.18. The van der Waals surface area contributed by atoms with E-state index >= 15 is 0 Å². The van der Waals surface area contributed by atoms with Crippen molar-refractivity contribution in [2.45, 2.75) is 20.3 Å². The highest BCUT2D eigenvalue weighted by atomic mass is 16.5. The largest absolute Gasteiger partial charge is 0.351 e. The molecule has 8 heteroatoms. The average Bonchev–Trinajstić information content (AvgIpc) is 3.01. The number of aromatic nitrogens is 5. The second-order valence-corrected chi connectivity index (χ2v) is 3.75. The Morgan fingerprint density at radius 3 is 2.39 bits per heavy atom. The van der Waals surface area contributed by atoms with Gasteiger partial charge < -0.3 is 13.6 Å². The van der Waals surface area contributed by atoms with Crippen LogP contribution in [-0.2, 0) is 6.42 Å². The molecule has 3 rings (SSSR count). The Bertz CT molecular complexity index is 668. The molecule has 0 unspecified atom stereocenters. The Morgan fingerprint density at radius 2 is 1.72 bits per heavy atom. The van der Waals surface area contributed by atoms with Crippen LogP contribution in [0.3, 0.4) is 0 Å². The van der Waals surface area contributed by atoms with Gasteiger partial charge in [0.15, 0.2) is 11.6 Å². The molecule has 18 heavy (non-hydrogen) atoms. The van der Waals surface area contributed by atoms with E-state index in [2.05, 4.69) is 25.4 Å². The van der Waals surface area contributed by atoms with E-state index < -0.39 is 0 Å². The number of rotatable bonds is 3. The lowest BCUT2D eigenvalue weighted by Gasteiger charge is -1.83. The first-order valence-corrected chi connectivity index (χ1v) is 5.26. The smallest absolute Gasteiger partial charge is 0.296 e. The SMILES string of the molecule is Cc1cc(-c2nc(Cc3noc(C)n3)no2)on1. The monoisotopic (exact) mass is 247 g/mol. The van der Waals surface area contributed by atoms with Crippen molar-refractivity contribution in [3.8, 4) is 11.7 Å². The van der Waals surface area contributed by atoms with Gasteiger partial charge in [0.2, 0.25) is 11.7 Å². The molecule has 0 amide bonds. The number of nitrogens with zero attached hydrogens (tertiary/aromatic N) is 5. The van der Waals surface area contributed by atoms with Crippen molar-refractivity contribution in [3.63, 3.8) is 0 Å². The van der Waals surface area contributed by atoms with Gasteiger partial charge in [-0.1, -0.05) is 15.5 Å². The lowest BCUT2D eigenvalue weighted by atomic mass is 10.3. The zero-order valence-corrected chi connectivity index (χ0v) is 9.75. The van der Waals surface area contributed by atoms with E-state index in [1.807, 2.05) is 6.92 Å². The first-order valence-electron chi connectivity index (χ1n) is 5.26. The predicted molar refractivity (Wildman–Crippen MR) is 56.4 cm³/mol. The molecule has 3 heterocycles. The molecule has 0 aliphatic carbocycles. The van der Waals surface area contributed by atoms with Crippen LogP contribution in [0.4, 0.5) is 0 Å². The molecule has 0 N–H and O–H groups in total. The molecule has 3 aromatic heterocycles. The molecule has 0 aromatic carbocycles. The molecule has 0 fully saturated rings. The fraction of sp³-hybridized carbons (Fsp3) is 0.300. The van der Waals surface area contributed by atoms with Crippen molar-refractivity contribution >= 4 is 0 Å². The standard InChI is InChI=1S/C10H9N5O3/c1-5-3-7(17-13-5)10-12-9(15-18-10)4-8-11-6(2)16-14-8/h3H,4H2,1-2H3. The van der Waals surface area contributed by atoms with E-state index in [9.17, 15) is 0 Å². The summed E-state index contributed by atoms with van der Waals surface area (Å²) in [7, 11) is 0. The van der Waals surface area contributed by atoms with Gasteiger partial charge in [-0.3, -0.25) is 0 Å². The summed E-state index contributed by atoms with van der Waals surface area (Å²) in [4.78, 5) is 8.22. The molecule has 3 aromatic rings. The lowest BCUT2D eigenvalue weighted by molar-refractivity contribution is 0.379. The van der Waals surface area contributed by atoms with E-state index in [0.29, 0.717) is 29.7 Å². The quantitative estimate of drug-likeness (QED) is 0.682. The maximum absolute atomic E-state index is 5.06. The number of hydrogen-bond acceptors (Lipinski definition) is 8. The zero-order valence-electron chi connectivity index (χ0n) is 9.75. The summed E-state index contributed by atoms with van der Waals surface area (Å²) < 4.78 is 14.9. The fourth-order valence-electron chi connectivity index (χ4n) is 1.44. The van der Waals surface area contributed by atoms with Gasteiger partial charge in [0.25, 0.3) is 5.89 Å². The molecule has 0 aliphatic heterocycles. The van der Waals surface area contributed by atoms with Crippen LogP contribution in [0, 0.1) is 13.8 Å². The van der Waals surface area contributed by atoms with E-state index in [1.165, 1.54) is 0 Å². The Balaban J connectivity index is 1.81. The van der Waals surface area contributed by atoms with Crippen LogP contribution in [0.15, 0.2) is 19.6 Å². The normalized spacial score (nSPS) is 11.0. The molecule has 8 nitrogen and oxygen atoms in total. The van der Waals surface area contributed by atoms with E-state index in [4.69, 9.17) is 13.6 Å². The topological polar surface area (TPSA) is 104 Å². The van der Waals surface area contributed by atoms with Crippen LogP contribution in [0.5, 0.6) is 0 Å². The predicted octanol–water partition coefficient (Wildman–Crippen LogP) is 1.32. The molecule has 0 bridgehead atoms. The third-order valence-electron chi connectivity index (χ3n) is 2.19. The molecular formula is C10H9N5O3. The third kappa shape index (κ3) is 1.99. The highest BCUT2D eigenvalue weighted by molar-refractivity contribution is 5.43. The first kappa shape index (κ1) is 10.6. The van der Waals surface area contributed by atoms with Gasteiger partial charge >= 0.3 is 0 Å². The first-order chi connectivity index (χ1) is 8.70. The van der Waals surface area contributed by atoms with Gasteiger partial charge in [0.05, 0.1) is 12.1 Å². The summed E-state index contributed by atoms with van der Waals surface area (Å²) >= 11 is 0. The summed E-state index contributed by atoms with van der Waals surface area (Å²) in [6.45, 7) is 3.53. The average molecular weight is 247 g/mol. The van der Waals surface area contributed by atoms with Crippen LogP contribution in [-0.4, -0.2) is 25.4 Å². The third-order valence-corrected chi connectivity index (χ3v) is 2.19. The van der Waals surface area contributed by atoms with E-state index in [0.717, 1.165) is 5.69 Å².